The third-order valence-electron chi connectivity index (χ3n) is 5.24. The fourth-order valence-electron chi connectivity index (χ4n) is 3.87. The molecule has 0 aromatic heterocycles. The van der Waals surface area contributed by atoms with Gasteiger partial charge in [-0.3, -0.25) is 4.79 Å². The second-order valence-electron chi connectivity index (χ2n) is 6.97. The van der Waals surface area contributed by atoms with Crippen molar-refractivity contribution >= 4 is 5.91 Å². The Morgan fingerprint density at radius 2 is 1.56 bits per heavy atom. The molecule has 1 atom stereocenters. The van der Waals surface area contributed by atoms with E-state index in [0.717, 1.165) is 44.3 Å². The Kier molecular flexibility index (Phi) is 4.66. The minimum atomic E-state index is 0.155. The van der Waals surface area contributed by atoms with Crippen LogP contribution in [0, 0.1) is 0 Å². The van der Waals surface area contributed by atoms with Crippen molar-refractivity contribution in [2.45, 2.75) is 31.7 Å². The number of benzene rings is 2. The number of rotatable bonds is 3. The molecule has 2 aromatic carbocycles. The minimum absolute atomic E-state index is 0.155. The summed E-state index contributed by atoms with van der Waals surface area (Å²) in [5, 5.41) is 6.54. The van der Waals surface area contributed by atoms with Crippen molar-refractivity contribution in [3.05, 3.63) is 71.3 Å². The maximum atomic E-state index is 12.3. The van der Waals surface area contributed by atoms with Crippen LogP contribution in [0.3, 0.4) is 0 Å². The highest BCUT2D eigenvalue weighted by Crippen LogP contribution is 2.26. The second-order valence-corrected chi connectivity index (χ2v) is 6.97. The first-order valence-electron chi connectivity index (χ1n) is 9.16. The van der Waals surface area contributed by atoms with Crippen molar-refractivity contribution in [3.8, 4) is 11.1 Å². The van der Waals surface area contributed by atoms with E-state index in [1.54, 1.807) is 0 Å². The molecule has 1 amide bonds. The van der Waals surface area contributed by atoms with E-state index >= 15 is 0 Å². The molecule has 2 aliphatic heterocycles. The summed E-state index contributed by atoms with van der Waals surface area (Å²) in [6.07, 6.45) is 3.80. The predicted molar refractivity (Wildman–Crippen MR) is 101 cm³/mol. The average molecular weight is 332 g/mol. The summed E-state index contributed by atoms with van der Waals surface area (Å²) in [6, 6.07) is 19.4. The summed E-state index contributed by atoms with van der Waals surface area (Å²) in [7, 11) is 0. The summed E-state index contributed by atoms with van der Waals surface area (Å²) in [5.41, 5.74) is 6.16. The molecule has 0 saturated carbocycles. The van der Waals surface area contributed by atoms with Gasteiger partial charge in [0.05, 0.1) is 0 Å². The van der Waals surface area contributed by atoms with Gasteiger partial charge in [0.2, 0.25) is 5.91 Å². The van der Waals surface area contributed by atoms with Crippen LogP contribution in [0.4, 0.5) is 0 Å². The fraction of sp³-hybridized carbons (Fsp3) is 0.318. The van der Waals surface area contributed by atoms with E-state index in [2.05, 4.69) is 59.2 Å². The third kappa shape index (κ3) is 3.67. The number of nitrogens with one attached hydrogen (secondary N) is 2. The predicted octanol–water partition coefficient (Wildman–Crippen LogP) is 3.46. The summed E-state index contributed by atoms with van der Waals surface area (Å²) < 4.78 is 0. The number of amides is 1. The van der Waals surface area contributed by atoms with E-state index in [-0.39, 0.29) is 11.9 Å². The van der Waals surface area contributed by atoms with Gasteiger partial charge in [-0.15, -0.1) is 0 Å². The number of carbonyl (C=O) groups is 1. The molecule has 128 valence electrons. The summed E-state index contributed by atoms with van der Waals surface area (Å²) in [6.45, 7) is 2.00. The van der Waals surface area contributed by atoms with Gasteiger partial charge in [-0.25, -0.2) is 0 Å². The molecule has 2 aromatic rings. The largest absolute Gasteiger partial charge is 0.349 e. The van der Waals surface area contributed by atoms with Gasteiger partial charge in [0.25, 0.3) is 0 Å². The molecule has 3 heteroatoms. The maximum Gasteiger partial charge on any atom is 0.247 e. The average Bonchev–Trinajstić information content (AvgIpc) is 3.04. The van der Waals surface area contributed by atoms with Crippen molar-refractivity contribution in [1.82, 2.24) is 10.6 Å². The van der Waals surface area contributed by atoms with Gasteiger partial charge in [-0.05, 0) is 55.5 Å². The molecule has 2 saturated heterocycles. The van der Waals surface area contributed by atoms with Gasteiger partial charge in [-0.2, -0.15) is 0 Å². The Balaban J connectivity index is 1.43. The monoisotopic (exact) mass is 332 g/mol. The van der Waals surface area contributed by atoms with Crippen LogP contribution in [0.5, 0.6) is 0 Å². The molecule has 2 N–H and O–H groups in total. The highest BCUT2D eigenvalue weighted by molar-refractivity contribution is 5.97. The van der Waals surface area contributed by atoms with E-state index in [9.17, 15) is 4.79 Å². The van der Waals surface area contributed by atoms with E-state index < -0.39 is 0 Å². The van der Waals surface area contributed by atoms with Gasteiger partial charge in [0.15, 0.2) is 0 Å². The zero-order valence-electron chi connectivity index (χ0n) is 14.4. The highest BCUT2D eigenvalue weighted by atomic mass is 16.2. The standard InChI is InChI=1S/C22H24N2O/c25-22-21(19-10-12-23-13-11-19)15-20(24-22)14-16-6-8-18(9-7-16)17-4-2-1-3-5-17/h1-9,20,23H,10-15H2,(H,24,25). The summed E-state index contributed by atoms with van der Waals surface area (Å²) in [5.74, 6) is 0.155. The number of hydrogen-bond acceptors (Lipinski definition) is 2. The molecule has 0 bridgehead atoms. The fourth-order valence-corrected chi connectivity index (χ4v) is 3.87. The first kappa shape index (κ1) is 16.1. The smallest absolute Gasteiger partial charge is 0.247 e. The molecular formula is C22H24N2O. The lowest BCUT2D eigenvalue weighted by atomic mass is 9.95. The molecule has 3 nitrogen and oxygen atoms in total. The van der Waals surface area contributed by atoms with Crippen molar-refractivity contribution < 1.29 is 4.79 Å². The highest BCUT2D eigenvalue weighted by Gasteiger charge is 2.29. The van der Waals surface area contributed by atoms with Crippen LogP contribution >= 0.6 is 0 Å². The van der Waals surface area contributed by atoms with E-state index in [4.69, 9.17) is 0 Å². The molecular weight excluding hydrogens is 308 g/mol. The molecule has 2 fully saturated rings. The lowest BCUT2D eigenvalue weighted by Gasteiger charge is -2.17. The number of carbonyl (C=O) groups excluding carboxylic acids is 1. The molecule has 0 radical (unpaired) electrons. The van der Waals surface area contributed by atoms with Crippen LogP contribution < -0.4 is 10.6 Å². The topological polar surface area (TPSA) is 41.1 Å². The zero-order chi connectivity index (χ0) is 17.1. The van der Waals surface area contributed by atoms with Crippen LogP contribution in [0.15, 0.2) is 65.7 Å². The third-order valence-corrected chi connectivity index (χ3v) is 5.24. The maximum absolute atomic E-state index is 12.3. The van der Waals surface area contributed by atoms with E-state index in [0.29, 0.717) is 0 Å². The normalized spacial score (nSPS) is 20.6. The Bertz CT molecular complexity index is 769. The van der Waals surface area contributed by atoms with Crippen LogP contribution in [0.2, 0.25) is 0 Å². The Hall–Kier alpha value is -2.39. The van der Waals surface area contributed by atoms with E-state index in [1.165, 1.54) is 22.3 Å². The van der Waals surface area contributed by atoms with Crippen molar-refractivity contribution in [1.29, 1.82) is 0 Å². The molecule has 2 aliphatic rings. The SMILES string of the molecule is O=C1NC(Cc2ccc(-c3ccccc3)cc2)CC1=C1CCNCC1. The Labute approximate surface area is 149 Å². The number of piperidine rings is 1. The molecule has 2 heterocycles. The second kappa shape index (κ2) is 7.24. The minimum Gasteiger partial charge on any atom is -0.349 e. The van der Waals surface area contributed by atoms with E-state index in [1.807, 2.05) is 6.07 Å². The Morgan fingerprint density at radius 3 is 2.28 bits per heavy atom. The van der Waals surface area contributed by atoms with Crippen molar-refractivity contribution in [2.75, 3.05) is 13.1 Å². The van der Waals surface area contributed by atoms with Gasteiger partial charge in [-0.1, -0.05) is 60.2 Å². The summed E-state index contributed by atoms with van der Waals surface area (Å²) in [4.78, 5) is 12.3. The van der Waals surface area contributed by atoms with Crippen LogP contribution in [-0.2, 0) is 11.2 Å². The lowest BCUT2D eigenvalue weighted by molar-refractivity contribution is -0.116. The number of hydrogen-bond donors (Lipinski definition) is 2. The lowest BCUT2D eigenvalue weighted by Crippen LogP contribution is -2.28. The first-order chi connectivity index (χ1) is 12.3. The van der Waals surface area contributed by atoms with Crippen molar-refractivity contribution in [3.63, 3.8) is 0 Å². The van der Waals surface area contributed by atoms with Crippen LogP contribution in [0.25, 0.3) is 11.1 Å². The summed E-state index contributed by atoms with van der Waals surface area (Å²) >= 11 is 0. The van der Waals surface area contributed by atoms with Crippen LogP contribution in [0.1, 0.15) is 24.8 Å². The van der Waals surface area contributed by atoms with Gasteiger partial charge >= 0.3 is 0 Å². The molecule has 4 rings (SSSR count). The zero-order valence-corrected chi connectivity index (χ0v) is 14.4. The molecule has 0 spiro atoms. The molecule has 0 aliphatic carbocycles. The quantitative estimate of drug-likeness (QED) is 0.845. The first-order valence-corrected chi connectivity index (χ1v) is 9.16. The molecule has 1 unspecified atom stereocenters. The van der Waals surface area contributed by atoms with Gasteiger partial charge in [0.1, 0.15) is 0 Å². The van der Waals surface area contributed by atoms with Crippen molar-refractivity contribution in [2.24, 2.45) is 0 Å². The van der Waals surface area contributed by atoms with Crippen LogP contribution in [-0.4, -0.2) is 25.0 Å². The van der Waals surface area contributed by atoms with Gasteiger partial charge < -0.3 is 10.6 Å². The molecule has 25 heavy (non-hydrogen) atoms. The van der Waals surface area contributed by atoms with Gasteiger partial charge in [0, 0.05) is 11.6 Å². The Morgan fingerprint density at radius 1 is 0.880 bits per heavy atom.